The van der Waals surface area contributed by atoms with E-state index in [-0.39, 0.29) is 6.03 Å². The zero-order chi connectivity index (χ0) is 15.5. The van der Waals surface area contributed by atoms with Gasteiger partial charge in [0.25, 0.3) is 0 Å². The number of carboxylic acid groups (broad SMARTS) is 1. The van der Waals surface area contributed by atoms with Crippen molar-refractivity contribution in [2.24, 2.45) is 10.8 Å². The number of aliphatic carboxylic acids is 1. The van der Waals surface area contributed by atoms with Crippen molar-refractivity contribution in [3.8, 4) is 0 Å². The summed E-state index contributed by atoms with van der Waals surface area (Å²) in [5.41, 5.74) is -0.464. The van der Waals surface area contributed by atoms with Crippen LogP contribution in [0.5, 0.6) is 0 Å². The summed E-state index contributed by atoms with van der Waals surface area (Å²) in [6.07, 6.45) is 6.75. The number of likely N-dealkylation sites (tertiary alicyclic amines) is 1. The van der Waals surface area contributed by atoms with Gasteiger partial charge >= 0.3 is 12.0 Å². The molecule has 0 bridgehead atoms. The van der Waals surface area contributed by atoms with E-state index in [0.29, 0.717) is 31.3 Å². The molecule has 5 nitrogen and oxygen atoms in total. The van der Waals surface area contributed by atoms with Gasteiger partial charge < -0.3 is 15.3 Å². The summed E-state index contributed by atoms with van der Waals surface area (Å²) < 4.78 is 0. The first kappa shape index (κ1) is 16.1. The second-order valence-corrected chi connectivity index (χ2v) is 6.83. The first-order valence-corrected chi connectivity index (χ1v) is 8.23. The van der Waals surface area contributed by atoms with Crippen LogP contribution < -0.4 is 5.32 Å². The highest BCUT2D eigenvalue weighted by atomic mass is 16.4. The topological polar surface area (TPSA) is 69.6 Å². The molecule has 2 fully saturated rings. The molecule has 0 radical (unpaired) electrons. The number of piperidine rings is 1. The van der Waals surface area contributed by atoms with Crippen LogP contribution in [-0.2, 0) is 4.79 Å². The van der Waals surface area contributed by atoms with Crippen LogP contribution in [0.25, 0.3) is 0 Å². The Morgan fingerprint density at radius 2 is 1.86 bits per heavy atom. The van der Waals surface area contributed by atoms with Gasteiger partial charge in [0.1, 0.15) is 0 Å². The Labute approximate surface area is 127 Å². The summed E-state index contributed by atoms with van der Waals surface area (Å²) >= 11 is 0. The van der Waals surface area contributed by atoms with E-state index < -0.39 is 11.4 Å². The fourth-order valence-corrected chi connectivity index (χ4v) is 3.63. The molecule has 21 heavy (non-hydrogen) atoms. The Hall–Kier alpha value is -1.26. The van der Waals surface area contributed by atoms with Crippen molar-refractivity contribution in [3.63, 3.8) is 0 Å². The van der Waals surface area contributed by atoms with Gasteiger partial charge in [-0.25, -0.2) is 4.79 Å². The van der Waals surface area contributed by atoms with Gasteiger partial charge in [-0.1, -0.05) is 20.3 Å². The average Bonchev–Trinajstić information content (AvgIpc) is 2.46. The number of urea groups is 1. The highest BCUT2D eigenvalue weighted by Crippen LogP contribution is 2.43. The minimum absolute atomic E-state index is 0.0894. The maximum absolute atomic E-state index is 12.3. The third-order valence-corrected chi connectivity index (χ3v) is 5.77. The molecule has 120 valence electrons. The summed E-state index contributed by atoms with van der Waals surface area (Å²) in [5, 5.41) is 12.5. The van der Waals surface area contributed by atoms with Crippen molar-refractivity contribution >= 4 is 12.0 Å². The molecule has 0 aromatic carbocycles. The van der Waals surface area contributed by atoms with Gasteiger partial charge in [0.2, 0.25) is 0 Å². The zero-order valence-electron chi connectivity index (χ0n) is 13.3. The van der Waals surface area contributed by atoms with Crippen molar-refractivity contribution < 1.29 is 14.7 Å². The molecule has 1 saturated carbocycles. The first-order valence-electron chi connectivity index (χ1n) is 8.23. The standard InChI is InChI=1S/C16H28N2O3/c1-3-15(7-5-8-15)11-17-14(21)18-10-6-9-16(4-2,12-18)13(19)20/h3-12H2,1-2H3,(H,17,21)(H,19,20). The molecule has 5 heteroatoms. The number of carbonyl (C=O) groups excluding carboxylic acids is 1. The molecule has 2 amide bonds. The fourth-order valence-electron chi connectivity index (χ4n) is 3.63. The molecular weight excluding hydrogens is 268 g/mol. The minimum atomic E-state index is -0.772. The Morgan fingerprint density at radius 3 is 2.33 bits per heavy atom. The van der Waals surface area contributed by atoms with E-state index in [2.05, 4.69) is 12.2 Å². The normalized spacial score (nSPS) is 27.8. The van der Waals surface area contributed by atoms with Crippen LogP contribution in [0.1, 0.15) is 58.8 Å². The number of nitrogens with zero attached hydrogens (tertiary/aromatic N) is 1. The van der Waals surface area contributed by atoms with Gasteiger partial charge in [0.05, 0.1) is 5.41 Å². The maximum atomic E-state index is 12.3. The lowest BCUT2D eigenvalue weighted by atomic mass is 9.67. The lowest BCUT2D eigenvalue weighted by Gasteiger charge is -2.43. The molecule has 0 aromatic heterocycles. The van der Waals surface area contributed by atoms with Gasteiger partial charge in [0.15, 0.2) is 0 Å². The van der Waals surface area contributed by atoms with Crippen LogP contribution in [0.15, 0.2) is 0 Å². The summed E-state index contributed by atoms with van der Waals surface area (Å²) in [6.45, 7) is 5.81. The highest BCUT2D eigenvalue weighted by molar-refractivity contribution is 5.78. The lowest BCUT2D eigenvalue weighted by Crippen LogP contribution is -2.54. The average molecular weight is 296 g/mol. The molecule has 2 N–H and O–H groups in total. The largest absolute Gasteiger partial charge is 0.481 e. The quantitative estimate of drug-likeness (QED) is 0.819. The Balaban J connectivity index is 1.91. The molecular formula is C16H28N2O3. The van der Waals surface area contributed by atoms with Gasteiger partial charge in [-0.15, -0.1) is 0 Å². The number of amides is 2. The van der Waals surface area contributed by atoms with E-state index in [1.54, 1.807) is 4.90 Å². The lowest BCUT2D eigenvalue weighted by molar-refractivity contribution is -0.152. The van der Waals surface area contributed by atoms with E-state index in [1.807, 2.05) is 6.92 Å². The maximum Gasteiger partial charge on any atom is 0.317 e. The van der Waals surface area contributed by atoms with Crippen molar-refractivity contribution in [2.45, 2.75) is 58.8 Å². The van der Waals surface area contributed by atoms with Crippen LogP contribution in [-0.4, -0.2) is 41.6 Å². The first-order chi connectivity index (χ1) is 9.97. The van der Waals surface area contributed by atoms with E-state index in [9.17, 15) is 14.7 Å². The Bertz CT molecular complexity index is 401. The smallest absolute Gasteiger partial charge is 0.317 e. The van der Waals surface area contributed by atoms with E-state index in [1.165, 1.54) is 19.3 Å². The molecule has 1 heterocycles. The van der Waals surface area contributed by atoms with Crippen LogP contribution >= 0.6 is 0 Å². The van der Waals surface area contributed by atoms with Crippen molar-refractivity contribution in [3.05, 3.63) is 0 Å². The van der Waals surface area contributed by atoms with Gasteiger partial charge in [0, 0.05) is 19.6 Å². The van der Waals surface area contributed by atoms with Crippen molar-refractivity contribution in [1.29, 1.82) is 0 Å². The number of carbonyl (C=O) groups is 2. The molecule has 1 saturated heterocycles. The van der Waals surface area contributed by atoms with E-state index >= 15 is 0 Å². The third-order valence-electron chi connectivity index (χ3n) is 5.77. The van der Waals surface area contributed by atoms with Gasteiger partial charge in [-0.05, 0) is 43.9 Å². The molecule has 1 atom stereocenters. The SMILES string of the molecule is CCC1(CNC(=O)N2CCCC(CC)(C(=O)O)C2)CCC1. The Kier molecular flexibility index (Phi) is 4.79. The van der Waals surface area contributed by atoms with E-state index in [0.717, 1.165) is 19.4 Å². The summed E-state index contributed by atoms with van der Waals surface area (Å²) in [7, 11) is 0. The number of nitrogens with one attached hydrogen (secondary N) is 1. The van der Waals surface area contributed by atoms with Crippen LogP contribution in [0.2, 0.25) is 0 Å². The summed E-state index contributed by atoms with van der Waals surface area (Å²) in [5.74, 6) is -0.772. The molecule has 2 aliphatic rings. The molecule has 1 aliphatic carbocycles. The molecule has 1 unspecified atom stereocenters. The van der Waals surface area contributed by atoms with Crippen molar-refractivity contribution in [1.82, 2.24) is 10.2 Å². The third kappa shape index (κ3) is 3.16. The number of rotatable bonds is 5. The van der Waals surface area contributed by atoms with Gasteiger partial charge in [-0.3, -0.25) is 4.79 Å². The predicted molar refractivity (Wildman–Crippen MR) is 81.1 cm³/mol. The molecule has 0 aromatic rings. The number of hydrogen-bond donors (Lipinski definition) is 2. The van der Waals surface area contributed by atoms with E-state index in [4.69, 9.17) is 0 Å². The molecule has 1 aliphatic heterocycles. The number of carboxylic acids is 1. The highest BCUT2D eigenvalue weighted by Gasteiger charge is 2.42. The fraction of sp³-hybridized carbons (Fsp3) is 0.875. The summed E-state index contributed by atoms with van der Waals surface area (Å²) in [4.78, 5) is 25.6. The Morgan fingerprint density at radius 1 is 1.14 bits per heavy atom. The second-order valence-electron chi connectivity index (χ2n) is 6.83. The van der Waals surface area contributed by atoms with Crippen LogP contribution in [0.4, 0.5) is 4.79 Å². The van der Waals surface area contributed by atoms with Crippen LogP contribution in [0, 0.1) is 10.8 Å². The number of hydrogen-bond acceptors (Lipinski definition) is 2. The minimum Gasteiger partial charge on any atom is -0.481 e. The predicted octanol–water partition coefficient (Wildman–Crippen LogP) is 2.85. The van der Waals surface area contributed by atoms with Crippen LogP contribution in [0.3, 0.4) is 0 Å². The second kappa shape index (κ2) is 6.24. The molecule has 0 spiro atoms. The van der Waals surface area contributed by atoms with Gasteiger partial charge in [-0.2, -0.15) is 0 Å². The monoisotopic (exact) mass is 296 g/mol. The summed E-state index contributed by atoms with van der Waals surface area (Å²) in [6, 6.07) is -0.0894. The van der Waals surface area contributed by atoms with Crippen molar-refractivity contribution in [2.75, 3.05) is 19.6 Å². The zero-order valence-corrected chi connectivity index (χ0v) is 13.3. The molecule has 2 rings (SSSR count).